The number of nitrogens with one attached hydrogen (secondary N) is 1. The first kappa shape index (κ1) is 17.9. The molecule has 4 heteroatoms. The number of hydrogen-bond acceptors (Lipinski definition) is 3. The van der Waals surface area contributed by atoms with Crippen LogP contribution < -0.4 is 10.1 Å². The van der Waals surface area contributed by atoms with E-state index in [1.54, 1.807) is 13.2 Å². The summed E-state index contributed by atoms with van der Waals surface area (Å²) in [6, 6.07) is 5.00. The summed E-state index contributed by atoms with van der Waals surface area (Å²) in [5.41, 5.74) is 0.644. The summed E-state index contributed by atoms with van der Waals surface area (Å²) < 4.78 is 19.5. The van der Waals surface area contributed by atoms with Gasteiger partial charge in [0.1, 0.15) is 11.6 Å². The summed E-state index contributed by atoms with van der Waals surface area (Å²) in [4.78, 5) is 2.31. The maximum atomic E-state index is 14.2. The molecule has 0 saturated carbocycles. The van der Waals surface area contributed by atoms with Crippen molar-refractivity contribution in [2.24, 2.45) is 0 Å². The Labute approximate surface area is 128 Å². The van der Waals surface area contributed by atoms with E-state index in [0.717, 1.165) is 26.1 Å². The lowest BCUT2D eigenvalue weighted by atomic mass is 10.0. The lowest BCUT2D eigenvalue weighted by Gasteiger charge is -2.24. The van der Waals surface area contributed by atoms with Crippen LogP contribution in [0, 0.1) is 5.82 Å². The molecule has 0 amide bonds. The van der Waals surface area contributed by atoms with E-state index >= 15 is 0 Å². The van der Waals surface area contributed by atoms with E-state index in [-0.39, 0.29) is 11.9 Å². The highest BCUT2D eigenvalue weighted by Gasteiger charge is 2.19. The first-order chi connectivity index (χ1) is 10.1. The molecule has 1 aromatic carbocycles. The smallest absolute Gasteiger partial charge is 0.131 e. The second-order valence-corrected chi connectivity index (χ2v) is 5.41. The van der Waals surface area contributed by atoms with E-state index in [2.05, 4.69) is 24.2 Å². The van der Waals surface area contributed by atoms with Crippen LogP contribution in [0.25, 0.3) is 0 Å². The van der Waals surface area contributed by atoms with Gasteiger partial charge in [-0.2, -0.15) is 0 Å². The van der Waals surface area contributed by atoms with Crippen molar-refractivity contribution in [1.82, 2.24) is 10.2 Å². The van der Waals surface area contributed by atoms with E-state index in [9.17, 15) is 4.39 Å². The molecule has 1 aromatic rings. The molecule has 1 rings (SSSR count). The van der Waals surface area contributed by atoms with E-state index in [1.165, 1.54) is 18.9 Å². The largest absolute Gasteiger partial charge is 0.496 e. The number of nitrogens with zero attached hydrogens (tertiary/aromatic N) is 1. The number of rotatable bonds is 10. The Kier molecular flexibility index (Phi) is 8.31. The van der Waals surface area contributed by atoms with Crippen LogP contribution in [-0.2, 0) is 0 Å². The van der Waals surface area contributed by atoms with Gasteiger partial charge < -0.3 is 15.0 Å². The molecule has 0 heterocycles. The van der Waals surface area contributed by atoms with Crippen LogP contribution in [0.2, 0.25) is 0 Å². The lowest BCUT2D eigenvalue weighted by Crippen LogP contribution is -2.28. The summed E-state index contributed by atoms with van der Waals surface area (Å²) in [5, 5.41) is 3.38. The van der Waals surface area contributed by atoms with Gasteiger partial charge in [0.05, 0.1) is 7.11 Å². The minimum Gasteiger partial charge on any atom is -0.496 e. The molecule has 120 valence electrons. The van der Waals surface area contributed by atoms with E-state index in [1.807, 2.05) is 13.0 Å². The van der Waals surface area contributed by atoms with Gasteiger partial charge in [0, 0.05) is 11.6 Å². The van der Waals surface area contributed by atoms with Crippen molar-refractivity contribution < 1.29 is 9.13 Å². The van der Waals surface area contributed by atoms with Crippen LogP contribution in [-0.4, -0.2) is 38.7 Å². The Hall–Kier alpha value is -1.13. The SMILES string of the molecule is CCCCN(C)CCC(NCC)c1c(F)cccc1OC. The predicted octanol–water partition coefficient (Wildman–Crippen LogP) is 3.61. The van der Waals surface area contributed by atoms with Crippen LogP contribution in [0.3, 0.4) is 0 Å². The zero-order valence-corrected chi connectivity index (χ0v) is 13.8. The number of ether oxygens (including phenoxy) is 1. The van der Waals surface area contributed by atoms with E-state index in [0.29, 0.717) is 11.3 Å². The number of halogens is 1. The average Bonchev–Trinajstić information content (AvgIpc) is 2.49. The quantitative estimate of drug-likeness (QED) is 0.714. The molecule has 21 heavy (non-hydrogen) atoms. The fourth-order valence-electron chi connectivity index (χ4n) is 2.52. The van der Waals surface area contributed by atoms with Gasteiger partial charge in [-0.05, 0) is 51.7 Å². The average molecular weight is 296 g/mol. The van der Waals surface area contributed by atoms with Gasteiger partial charge in [-0.3, -0.25) is 0 Å². The van der Waals surface area contributed by atoms with Crippen molar-refractivity contribution in [1.29, 1.82) is 0 Å². The fourth-order valence-corrected chi connectivity index (χ4v) is 2.52. The number of hydrogen-bond donors (Lipinski definition) is 1. The molecule has 1 atom stereocenters. The molecular weight excluding hydrogens is 267 g/mol. The molecular formula is C17H29FN2O. The molecule has 1 unspecified atom stereocenters. The van der Waals surface area contributed by atoms with Gasteiger partial charge in [-0.25, -0.2) is 4.39 Å². The second kappa shape index (κ2) is 9.74. The minimum absolute atomic E-state index is 0.0183. The molecule has 0 bridgehead atoms. The molecule has 0 fully saturated rings. The number of benzene rings is 1. The molecule has 0 aliphatic heterocycles. The van der Waals surface area contributed by atoms with Crippen molar-refractivity contribution in [2.45, 2.75) is 39.2 Å². The normalized spacial score (nSPS) is 12.7. The van der Waals surface area contributed by atoms with Crippen LogP contribution in [0.1, 0.15) is 44.7 Å². The van der Waals surface area contributed by atoms with Gasteiger partial charge in [0.2, 0.25) is 0 Å². The van der Waals surface area contributed by atoms with E-state index in [4.69, 9.17) is 4.74 Å². The third-order valence-corrected chi connectivity index (χ3v) is 3.72. The first-order valence-corrected chi connectivity index (χ1v) is 7.88. The van der Waals surface area contributed by atoms with Gasteiger partial charge >= 0.3 is 0 Å². The van der Waals surface area contributed by atoms with Crippen molar-refractivity contribution >= 4 is 0 Å². The highest BCUT2D eigenvalue weighted by atomic mass is 19.1. The maximum Gasteiger partial charge on any atom is 0.131 e. The summed E-state index contributed by atoms with van der Waals surface area (Å²) in [7, 11) is 3.71. The van der Waals surface area contributed by atoms with Crippen molar-refractivity contribution in [3.05, 3.63) is 29.6 Å². The van der Waals surface area contributed by atoms with Gasteiger partial charge in [0.25, 0.3) is 0 Å². The maximum absolute atomic E-state index is 14.2. The summed E-state index contributed by atoms with van der Waals surface area (Å²) in [6.07, 6.45) is 3.26. The Balaban J connectivity index is 2.77. The highest BCUT2D eigenvalue weighted by molar-refractivity contribution is 5.37. The molecule has 1 N–H and O–H groups in total. The second-order valence-electron chi connectivity index (χ2n) is 5.41. The minimum atomic E-state index is -0.198. The zero-order chi connectivity index (χ0) is 15.7. The highest BCUT2D eigenvalue weighted by Crippen LogP contribution is 2.29. The fraction of sp³-hybridized carbons (Fsp3) is 0.647. The molecule has 0 aromatic heterocycles. The summed E-state index contributed by atoms with van der Waals surface area (Å²) >= 11 is 0. The Morgan fingerprint density at radius 1 is 1.29 bits per heavy atom. The van der Waals surface area contributed by atoms with Crippen LogP contribution in [0.5, 0.6) is 5.75 Å². The van der Waals surface area contributed by atoms with Crippen LogP contribution in [0.4, 0.5) is 4.39 Å². The van der Waals surface area contributed by atoms with Crippen molar-refractivity contribution in [3.8, 4) is 5.75 Å². The molecule has 0 aliphatic carbocycles. The number of unbranched alkanes of at least 4 members (excludes halogenated alkanes) is 1. The van der Waals surface area contributed by atoms with Crippen LogP contribution in [0.15, 0.2) is 18.2 Å². The van der Waals surface area contributed by atoms with Crippen molar-refractivity contribution in [2.75, 3.05) is 33.8 Å². The Morgan fingerprint density at radius 3 is 2.67 bits per heavy atom. The van der Waals surface area contributed by atoms with Gasteiger partial charge in [0.15, 0.2) is 0 Å². The molecule has 0 radical (unpaired) electrons. The third-order valence-electron chi connectivity index (χ3n) is 3.72. The Bertz CT molecular complexity index is 412. The topological polar surface area (TPSA) is 24.5 Å². The van der Waals surface area contributed by atoms with Crippen LogP contribution >= 0.6 is 0 Å². The zero-order valence-electron chi connectivity index (χ0n) is 13.8. The standard InChI is InChI=1S/C17H29FN2O/c1-5-7-12-20(3)13-11-15(19-6-2)17-14(18)9-8-10-16(17)21-4/h8-10,15,19H,5-7,11-13H2,1-4H3. The predicted molar refractivity (Wildman–Crippen MR) is 86.4 cm³/mol. The lowest BCUT2D eigenvalue weighted by molar-refractivity contribution is 0.298. The van der Waals surface area contributed by atoms with Crippen molar-refractivity contribution in [3.63, 3.8) is 0 Å². The van der Waals surface area contributed by atoms with Gasteiger partial charge in [-0.1, -0.05) is 26.3 Å². The number of methoxy groups -OCH3 is 1. The van der Waals surface area contributed by atoms with E-state index < -0.39 is 0 Å². The first-order valence-electron chi connectivity index (χ1n) is 7.88. The van der Waals surface area contributed by atoms with Gasteiger partial charge in [-0.15, -0.1) is 0 Å². The summed E-state index contributed by atoms with van der Waals surface area (Å²) in [5.74, 6) is 0.425. The molecule has 0 aliphatic rings. The third kappa shape index (κ3) is 5.64. The molecule has 0 spiro atoms. The molecule has 3 nitrogen and oxygen atoms in total. The Morgan fingerprint density at radius 2 is 2.05 bits per heavy atom. The summed E-state index contributed by atoms with van der Waals surface area (Å²) in [6.45, 7) is 7.07. The monoisotopic (exact) mass is 296 g/mol. The molecule has 0 saturated heterocycles.